The Kier molecular flexibility index (Phi) is 9.59. The molecule has 0 radical (unpaired) electrons. The number of carbonyl (C=O) groups excluding carboxylic acids is 3. The van der Waals surface area contributed by atoms with E-state index in [2.05, 4.69) is 16.0 Å². The van der Waals surface area contributed by atoms with Crippen molar-refractivity contribution in [3.63, 3.8) is 0 Å². The van der Waals surface area contributed by atoms with Gasteiger partial charge in [0.2, 0.25) is 11.8 Å². The standard InChI is InChI=1S/C25H31N7O4S/c1-4-27-23(35)20(14-26)25-32(5-2)24(36)21(37-25)15-28-18-7-6-8-19(13-18)29-22(34)16-30-9-11-31(12-10-30)17(3)33/h6-8,13,15,28H,4-5,9-12,16H2,1-3H3,(H,27,35)(H,29,34)/b21-15+,25-20-. The van der Waals surface area contributed by atoms with Crippen molar-refractivity contribution < 1.29 is 14.4 Å². The van der Waals surface area contributed by atoms with Crippen molar-refractivity contribution in [1.29, 1.82) is 5.26 Å². The van der Waals surface area contributed by atoms with E-state index in [0.29, 0.717) is 59.8 Å². The number of nitrogens with one attached hydrogen (secondary N) is 3. The second-order valence-corrected chi connectivity index (χ2v) is 9.40. The lowest BCUT2D eigenvalue weighted by Gasteiger charge is -2.33. The van der Waals surface area contributed by atoms with Gasteiger partial charge < -0.3 is 20.9 Å². The Bertz CT molecular complexity index is 1380. The Balaban J connectivity index is 1.73. The molecule has 2 heterocycles. The number of hydrogen-bond acceptors (Lipinski definition) is 8. The van der Waals surface area contributed by atoms with Gasteiger partial charge in [-0.2, -0.15) is 5.26 Å². The summed E-state index contributed by atoms with van der Waals surface area (Å²) in [6.45, 7) is 8.50. The van der Waals surface area contributed by atoms with E-state index in [1.54, 1.807) is 49.9 Å². The van der Waals surface area contributed by atoms with Crippen LogP contribution in [0.5, 0.6) is 0 Å². The van der Waals surface area contributed by atoms with Crippen LogP contribution in [0, 0.1) is 11.3 Å². The number of thiazole rings is 1. The van der Waals surface area contributed by atoms with Gasteiger partial charge in [0.05, 0.1) is 6.54 Å². The van der Waals surface area contributed by atoms with E-state index < -0.39 is 5.91 Å². The van der Waals surface area contributed by atoms with E-state index in [0.717, 1.165) is 11.3 Å². The maximum absolute atomic E-state index is 12.9. The van der Waals surface area contributed by atoms with Crippen LogP contribution in [0.25, 0.3) is 11.8 Å². The van der Waals surface area contributed by atoms with Crippen LogP contribution in [0.3, 0.4) is 0 Å². The predicted molar refractivity (Wildman–Crippen MR) is 143 cm³/mol. The summed E-state index contributed by atoms with van der Waals surface area (Å²) in [6.07, 6.45) is 1.53. The number of nitrogens with zero attached hydrogens (tertiary/aromatic N) is 4. The average Bonchev–Trinajstić information content (AvgIpc) is 3.18. The zero-order chi connectivity index (χ0) is 26.9. The number of piperazine rings is 1. The molecule has 1 fully saturated rings. The first-order valence-electron chi connectivity index (χ1n) is 12.0. The molecule has 1 aliphatic heterocycles. The third kappa shape index (κ3) is 7.05. The summed E-state index contributed by atoms with van der Waals surface area (Å²) in [5.41, 5.74) is 0.845. The SMILES string of the molecule is CCNC(=O)/C(C#N)=c1\s/c(=C/Nc2cccc(NC(=O)CN3CCN(C(C)=O)CC3)c2)c(=O)n1CC. The van der Waals surface area contributed by atoms with Crippen molar-refractivity contribution in [2.75, 3.05) is 49.9 Å². The van der Waals surface area contributed by atoms with Crippen LogP contribution in [0.1, 0.15) is 20.8 Å². The number of hydrogen-bond donors (Lipinski definition) is 3. The van der Waals surface area contributed by atoms with Gasteiger partial charge in [0.15, 0.2) is 5.57 Å². The molecule has 37 heavy (non-hydrogen) atoms. The number of aromatic nitrogens is 1. The van der Waals surface area contributed by atoms with Crippen LogP contribution in [0.15, 0.2) is 29.1 Å². The quantitative estimate of drug-likeness (QED) is 0.430. The van der Waals surface area contributed by atoms with Gasteiger partial charge >= 0.3 is 0 Å². The first-order valence-corrected chi connectivity index (χ1v) is 12.9. The van der Waals surface area contributed by atoms with Crippen molar-refractivity contribution in [3.05, 3.63) is 43.8 Å². The zero-order valence-corrected chi connectivity index (χ0v) is 22.0. The van der Waals surface area contributed by atoms with Crippen LogP contribution >= 0.6 is 11.3 Å². The number of amides is 3. The van der Waals surface area contributed by atoms with Crippen LogP contribution in [-0.2, 0) is 20.9 Å². The van der Waals surface area contributed by atoms with Crippen molar-refractivity contribution in [2.24, 2.45) is 0 Å². The van der Waals surface area contributed by atoms with Gasteiger partial charge in [0.1, 0.15) is 15.3 Å². The topological polar surface area (TPSA) is 140 Å². The maximum Gasteiger partial charge on any atom is 0.270 e. The minimum absolute atomic E-state index is 0.0447. The number of benzene rings is 1. The second-order valence-electron chi connectivity index (χ2n) is 8.37. The van der Waals surface area contributed by atoms with E-state index in [-0.39, 0.29) is 29.5 Å². The minimum atomic E-state index is -0.517. The predicted octanol–water partition coefficient (Wildman–Crippen LogP) is -0.307. The summed E-state index contributed by atoms with van der Waals surface area (Å²) in [5.74, 6) is -0.628. The smallest absolute Gasteiger partial charge is 0.270 e. The number of carbonyl (C=O) groups is 3. The van der Waals surface area contributed by atoms with Gasteiger partial charge in [-0.1, -0.05) is 6.07 Å². The van der Waals surface area contributed by atoms with Crippen LogP contribution in [0.2, 0.25) is 0 Å². The second kappa shape index (κ2) is 12.8. The summed E-state index contributed by atoms with van der Waals surface area (Å²) in [4.78, 5) is 52.9. The van der Waals surface area contributed by atoms with Gasteiger partial charge in [-0.25, -0.2) is 0 Å². The van der Waals surface area contributed by atoms with Crippen LogP contribution < -0.4 is 30.7 Å². The minimum Gasteiger partial charge on any atom is -0.360 e. The zero-order valence-electron chi connectivity index (χ0n) is 21.2. The number of nitriles is 1. The largest absolute Gasteiger partial charge is 0.360 e. The van der Waals surface area contributed by atoms with Crippen molar-refractivity contribution in [2.45, 2.75) is 27.3 Å². The highest BCUT2D eigenvalue weighted by atomic mass is 32.1. The van der Waals surface area contributed by atoms with Gasteiger partial charge in [-0.15, -0.1) is 11.3 Å². The van der Waals surface area contributed by atoms with E-state index in [1.807, 2.05) is 11.0 Å². The molecular weight excluding hydrogens is 494 g/mol. The summed E-state index contributed by atoms with van der Waals surface area (Å²) in [7, 11) is 0. The van der Waals surface area contributed by atoms with Gasteiger partial charge in [0, 0.05) is 63.8 Å². The van der Waals surface area contributed by atoms with E-state index in [4.69, 9.17) is 0 Å². The molecule has 0 atom stereocenters. The van der Waals surface area contributed by atoms with E-state index in [1.165, 1.54) is 10.8 Å². The van der Waals surface area contributed by atoms with Crippen molar-refractivity contribution >= 4 is 52.2 Å². The molecule has 0 bridgehead atoms. The summed E-state index contributed by atoms with van der Waals surface area (Å²) < 4.78 is 2.05. The lowest BCUT2D eigenvalue weighted by atomic mass is 10.2. The van der Waals surface area contributed by atoms with E-state index >= 15 is 0 Å². The number of rotatable bonds is 8. The lowest BCUT2D eigenvalue weighted by molar-refractivity contribution is -0.130. The third-order valence-corrected chi connectivity index (χ3v) is 6.95. The van der Waals surface area contributed by atoms with Crippen LogP contribution in [0.4, 0.5) is 11.4 Å². The molecule has 0 unspecified atom stereocenters. The molecule has 11 nitrogen and oxygen atoms in total. The molecule has 1 aromatic heterocycles. The molecule has 2 aromatic rings. The molecule has 1 aromatic carbocycles. The fourth-order valence-corrected chi connectivity index (χ4v) is 4.98. The molecule has 3 N–H and O–H groups in total. The Hall–Kier alpha value is -3.95. The fraction of sp³-hybridized carbons (Fsp3) is 0.400. The normalized spacial score (nSPS) is 15.1. The van der Waals surface area contributed by atoms with Gasteiger partial charge in [-0.3, -0.25) is 28.6 Å². The van der Waals surface area contributed by atoms with Crippen molar-refractivity contribution in [1.82, 2.24) is 19.7 Å². The Morgan fingerprint density at radius 1 is 1.14 bits per heavy atom. The summed E-state index contributed by atoms with van der Waals surface area (Å²) in [6, 6.07) is 9.00. The number of anilines is 2. The molecule has 0 spiro atoms. The maximum atomic E-state index is 12.9. The molecule has 0 aliphatic carbocycles. The molecule has 3 rings (SSSR count). The molecule has 1 saturated heterocycles. The fourth-order valence-electron chi connectivity index (χ4n) is 3.90. The molecule has 196 valence electrons. The monoisotopic (exact) mass is 525 g/mol. The Morgan fingerprint density at radius 2 is 1.84 bits per heavy atom. The summed E-state index contributed by atoms with van der Waals surface area (Å²) >= 11 is 1.07. The highest BCUT2D eigenvalue weighted by Gasteiger charge is 2.20. The Morgan fingerprint density at radius 3 is 2.46 bits per heavy atom. The first-order chi connectivity index (χ1) is 17.8. The molecule has 12 heteroatoms. The van der Waals surface area contributed by atoms with Crippen LogP contribution in [-0.4, -0.2) is 71.4 Å². The lowest BCUT2D eigenvalue weighted by Crippen LogP contribution is -2.49. The van der Waals surface area contributed by atoms with Crippen molar-refractivity contribution in [3.8, 4) is 6.07 Å². The van der Waals surface area contributed by atoms with Gasteiger partial charge in [-0.05, 0) is 32.0 Å². The Labute approximate surface area is 218 Å². The highest BCUT2D eigenvalue weighted by Crippen LogP contribution is 2.15. The molecular formula is C25H31N7O4S. The molecule has 1 aliphatic rings. The summed E-state index contributed by atoms with van der Waals surface area (Å²) in [5, 5.41) is 18.1. The van der Waals surface area contributed by atoms with Gasteiger partial charge in [0.25, 0.3) is 11.5 Å². The first kappa shape index (κ1) is 27.6. The molecule has 0 saturated carbocycles. The molecule has 3 amide bonds. The third-order valence-electron chi connectivity index (χ3n) is 5.82. The van der Waals surface area contributed by atoms with E-state index in [9.17, 15) is 24.4 Å². The average molecular weight is 526 g/mol. The highest BCUT2D eigenvalue weighted by molar-refractivity contribution is 7.07.